The van der Waals surface area contributed by atoms with Crippen LogP contribution in [0.3, 0.4) is 0 Å². The smallest absolute Gasteiger partial charge is 0.269 e. The highest BCUT2D eigenvalue weighted by Gasteiger charge is 2.54. The Morgan fingerprint density at radius 2 is 1.92 bits per heavy atom. The maximum atomic E-state index is 11.4. The van der Waals surface area contributed by atoms with E-state index in [1.807, 2.05) is 0 Å². The second-order valence-corrected chi connectivity index (χ2v) is 5.50. The van der Waals surface area contributed by atoms with E-state index < -0.39 is 47.6 Å². The molecular formula is C14H18N2O8. The van der Waals surface area contributed by atoms with Crippen LogP contribution in [-0.2, 0) is 15.3 Å². The fourth-order valence-corrected chi connectivity index (χ4v) is 2.64. The molecule has 0 saturated carbocycles. The molecule has 1 aliphatic rings. The number of non-ortho nitro benzene ring substituents is 1. The third-order valence-electron chi connectivity index (χ3n) is 3.86. The maximum Gasteiger partial charge on any atom is 0.269 e. The van der Waals surface area contributed by atoms with Crippen molar-refractivity contribution in [2.45, 2.75) is 37.1 Å². The first-order valence-electron chi connectivity index (χ1n) is 7.10. The Balaban J connectivity index is 2.46. The van der Waals surface area contributed by atoms with Crippen molar-refractivity contribution in [3.8, 4) is 0 Å². The van der Waals surface area contributed by atoms with Gasteiger partial charge in [-0.05, 0) is 12.1 Å². The number of carbonyl (C=O) groups excluding carboxylic acids is 1. The third-order valence-corrected chi connectivity index (χ3v) is 3.86. The van der Waals surface area contributed by atoms with Gasteiger partial charge in [-0.3, -0.25) is 14.9 Å². The lowest BCUT2D eigenvalue weighted by Gasteiger charge is -2.47. The molecule has 0 spiro atoms. The molecule has 0 aromatic heterocycles. The highest BCUT2D eigenvalue weighted by atomic mass is 16.6. The number of rotatable bonds is 4. The fourth-order valence-electron chi connectivity index (χ4n) is 2.64. The molecule has 1 aliphatic heterocycles. The molecule has 1 heterocycles. The van der Waals surface area contributed by atoms with Crippen molar-refractivity contribution in [3.63, 3.8) is 0 Å². The Morgan fingerprint density at radius 3 is 2.38 bits per heavy atom. The molecule has 1 saturated heterocycles. The minimum Gasteiger partial charge on any atom is -0.394 e. The Bertz CT molecular complexity index is 622. The topological polar surface area (TPSA) is 162 Å². The minimum absolute atomic E-state index is 0.0104. The van der Waals surface area contributed by atoms with Gasteiger partial charge in [0.2, 0.25) is 11.7 Å². The van der Waals surface area contributed by atoms with Crippen molar-refractivity contribution in [1.29, 1.82) is 0 Å². The molecule has 10 heteroatoms. The summed E-state index contributed by atoms with van der Waals surface area (Å²) in [5.41, 5.74) is -0.218. The van der Waals surface area contributed by atoms with E-state index in [2.05, 4.69) is 5.32 Å². The van der Waals surface area contributed by atoms with Gasteiger partial charge in [0.25, 0.3) is 5.69 Å². The van der Waals surface area contributed by atoms with Crippen LogP contribution in [0.25, 0.3) is 0 Å². The molecule has 24 heavy (non-hydrogen) atoms. The molecule has 10 nitrogen and oxygen atoms in total. The van der Waals surface area contributed by atoms with E-state index in [0.29, 0.717) is 0 Å². The van der Waals surface area contributed by atoms with Crippen molar-refractivity contribution < 1.29 is 34.9 Å². The van der Waals surface area contributed by atoms with Crippen molar-refractivity contribution in [2.24, 2.45) is 0 Å². The van der Waals surface area contributed by atoms with Crippen LogP contribution in [0.15, 0.2) is 24.3 Å². The lowest BCUT2D eigenvalue weighted by atomic mass is 9.86. The first-order valence-corrected chi connectivity index (χ1v) is 7.10. The number of ether oxygens (including phenoxy) is 1. The van der Waals surface area contributed by atoms with E-state index in [4.69, 9.17) is 4.74 Å². The van der Waals surface area contributed by atoms with E-state index in [1.54, 1.807) is 0 Å². The fraction of sp³-hybridized carbons (Fsp3) is 0.500. The van der Waals surface area contributed by atoms with Gasteiger partial charge in [-0.25, -0.2) is 0 Å². The number of nitro groups is 1. The number of aliphatic hydroxyl groups excluding tert-OH is 3. The van der Waals surface area contributed by atoms with E-state index in [1.165, 1.54) is 12.1 Å². The number of nitrogens with one attached hydrogen (secondary N) is 1. The van der Waals surface area contributed by atoms with Gasteiger partial charge in [0.15, 0.2) is 0 Å². The zero-order chi connectivity index (χ0) is 18.1. The summed E-state index contributed by atoms with van der Waals surface area (Å²) in [7, 11) is 0. The lowest BCUT2D eigenvalue weighted by molar-refractivity contribution is -0.385. The van der Waals surface area contributed by atoms with E-state index >= 15 is 0 Å². The third kappa shape index (κ3) is 3.23. The predicted molar refractivity (Wildman–Crippen MR) is 78.6 cm³/mol. The average Bonchev–Trinajstić information content (AvgIpc) is 2.55. The molecule has 0 bridgehead atoms. The monoisotopic (exact) mass is 342 g/mol. The number of nitrogens with zero attached hydrogens (tertiary/aromatic N) is 1. The highest BCUT2D eigenvalue weighted by molar-refractivity contribution is 5.73. The molecule has 0 radical (unpaired) electrons. The molecule has 1 aromatic carbocycles. The summed E-state index contributed by atoms with van der Waals surface area (Å²) in [6.07, 6.45) is -4.50. The number of benzene rings is 1. The van der Waals surface area contributed by atoms with Crippen LogP contribution < -0.4 is 5.32 Å². The van der Waals surface area contributed by atoms with Gasteiger partial charge < -0.3 is 30.5 Å². The summed E-state index contributed by atoms with van der Waals surface area (Å²) in [5.74, 6) is -2.90. The Labute approximate surface area is 136 Å². The zero-order valence-corrected chi connectivity index (χ0v) is 12.7. The van der Waals surface area contributed by atoms with Crippen LogP contribution in [0.2, 0.25) is 0 Å². The number of hydrogen-bond acceptors (Lipinski definition) is 8. The van der Waals surface area contributed by atoms with Crippen LogP contribution in [0, 0.1) is 10.1 Å². The summed E-state index contributed by atoms with van der Waals surface area (Å²) in [5, 5.41) is 53.3. The molecule has 1 unspecified atom stereocenters. The van der Waals surface area contributed by atoms with Crippen LogP contribution in [0.5, 0.6) is 0 Å². The van der Waals surface area contributed by atoms with Crippen molar-refractivity contribution in [3.05, 3.63) is 39.9 Å². The van der Waals surface area contributed by atoms with Gasteiger partial charge in [0, 0.05) is 24.6 Å². The number of amides is 1. The first-order chi connectivity index (χ1) is 11.2. The van der Waals surface area contributed by atoms with Gasteiger partial charge in [-0.2, -0.15) is 0 Å². The number of aliphatic hydroxyl groups is 4. The first kappa shape index (κ1) is 18.2. The number of carbonyl (C=O) groups is 1. The molecule has 1 fully saturated rings. The van der Waals surface area contributed by atoms with Crippen molar-refractivity contribution in [2.75, 3.05) is 6.61 Å². The quantitative estimate of drug-likeness (QED) is 0.321. The molecule has 5 atom stereocenters. The van der Waals surface area contributed by atoms with Crippen molar-refractivity contribution >= 4 is 11.6 Å². The molecule has 0 aliphatic carbocycles. The Morgan fingerprint density at radius 1 is 1.33 bits per heavy atom. The molecule has 132 valence electrons. The highest BCUT2D eigenvalue weighted by Crippen LogP contribution is 2.36. The van der Waals surface area contributed by atoms with Crippen LogP contribution >= 0.6 is 0 Å². The Hall–Kier alpha value is -2.11. The lowest BCUT2D eigenvalue weighted by Crippen LogP contribution is -2.68. The standard InChI is InChI=1S/C14H18N2O8/c1-7(18)15-13-12(20)11(19)10(6-17)24-14(13,21)8-2-4-9(5-3-8)16(22)23/h2-5,10-13,17,19-21H,6H2,1H3,(H,15,18)/t10-,11+,12+,13-,14?/m1/s1. The van der Waals surface area contributed by atoms with Gasteiger partial charge >= 0.3 is 0 Å². The summed E-state index contributed by atoms with van der Waals surface area (Å²) >= 11 is 0. The van der Waals surface area contributed by atoms with Crippen molar-refractivity contribution in [1.82, 2.24) is 5.32 Å². The average molecular weight is 342 g/mol. The maximum absolute atomic E-state index is 11.4. The van der Waals surface area contributed by atoms with Gasteiger partial charge in [-0.15, -0.1) is 0 Å². The SMILES string of the molecule is CC(=O)N[C@@H]1[C@@H](O)[C@@H](O)[C@@H](CO)OC1(O)c1ccc([N+](=O)[O-])cc1. The Kier molecular flexibility index (Phi) is 5.16. The van der Waals surface area contributed by atoms with E-state index in [0.717, 1.165) is 19.1 Å². The normalized spacial score (nSPS) is 33.0. The zero-order valence-electron chi connectivity index (χ0n) is 12.7. The predicted octanol–water partition coefficient (Wildman–Crippen LogP) is -1.64. The largest absolute Gasteiger partial charge is 0.394 e. The summed E-state index contributed by atoms with van der Waals surface area (Å²) < 4.78 is 5.32. The van der Waals surface area contributed by atoms with Crippen LogP contribution in [0.1, 0.15) is 12.5 Å². The van der Waals surface area contributed by atoms with Gasteiger partial charge in [0.1, 0.15) is 24.4 Å². The molecule has 1 aromatic rings. The summed E-state index contributed by atoms with van der Waals surface area (Å²) in [6, 6.07) is 3.19. The second-order valence-electron chi connectivity index (χ2n) is 5.50. The molecule has 2 rings (SSSR count). The molecule has 5 N–H and O–H groups in total. The van der Waals surface area contributed by atoms with Crippen LogP contribution in [0.4, 0.5) is 5.69 Å². The number of hydrogen-bond donors (Lipinski definition) is 5. The minimum atomic E-state index is -2.30. The van der Waals surface area contributed by atoms with E-state index in [-0.39, 0.29) is 11.3 Å². The summed E-state index contributed by atoms with van der Waals surface area (Å²) in [6.45, 7) is 0.452. The second kappa shape index (κ2) is 6.79. The summed E-state index contributed by atoms with van der Waals surface area (Å²) in [4.78, 5) is 21.5. The van der Waals surface area contributed by atoms with E-state index in [9.17, 15) is 35.3 Å². The molecule has 1 amide bonds. The van der Waals surface area contributed by atoms with Crippen LogP contribution in [-0.4, -0.2) is 62.2 Å². The number of nitro benzene ring substituents is 1. The van der Waals surface area contributed by atoms with Gasteiger partial charge in [-0.1, -0.05) is 0 Å². The molecular weight excluding hydrogens is 324 g/mol. The van der Waals surface area contributed by atoms with Gasteiger partial charge in [0.05, 0.1) is 11.5 Å².